The third-order valence-corrected chi connectivity index (χ3v) is 3.88. The van der Waals surface area contributed by atoms with E-state index in [4.69, 9.17) is 11.6 Å². The van der Waals surface area contributed by atoms with Crippen molar-refractivity contribution < 1.29 is 9.18 Å². The maximum Gasteiger partial charge on any atom is 0.319 e. The van der Waals surface area contributed by atoms with Crippen LogP contribution in [0.3, 0.4) is 0 Å². The minimum atomic E-state index is -0.344. The summed E-state index contributed by atoms with van der Waals surface area (Å²) in [5.74, 6) is -0.340. The molecule has 0 aliphatic carbocycles. The van der Waals surface area contributed by atoms with Crippen LogP contribution in [0, 0.1) is 5.82 Å². The molecule has 0 bridgehead atoms. The molecule has 2 amide bonds. The number of carbonyl (C=O) groups is 1. The van der Waals surface area contributed by atoms with Crippen LogP contribution >= 0.6 is 22.9 Å². The van der Waals surface area contributed by atoms with Crippen molar-refractivity contribution in [3.8, 4) is 0 Å². The molecule has 0 saturated carbocycles. The Kier molecular flexibility index (Phi) is 4.39. The Balaban J connectivity index is 1.92. The van der Waals surface area contributed by atoms with Crippen LogP contribution in [0.25, 0.3) is 0 Å². The normalized spacial score (nSPS) is 11.9. The Morgan fingerprint density at radius 1 is 1.26 bits per heavy atom. The van der Waals surface area contributed by atoms with Crippen LogP contribution in [0.4, 0.5) is 14.9 Å². The van der Waals surface area contributed by atoms with Gasteiger partial charge in [0, 0.05) is 10.6 Å². The van der Waals surface area contributed by atoms with Crippen LogP contribution in [0.2, 0.25) is 4.34 Å². The summed E-state index contributed by atoms with van der Waals surface area (Å²) >= 11 is 7.26. The van der Waals surface area contributed by atoms with Gasteiger partial charge in [-0.05, 0) is 43.3 Å². The number of thiophene rings is 1. The molecule has 6 heteroatoms. The molecule has 0 unspecified atom stereocenters. The first-order chi connectivity index (χ1) is 9.04. The maximum absolute atomic E-state index is 12.7. The van der Waals surface area contributed by atoms with E-state index >= 15 is 0 Å². The predicted molar refractivity (Wildman–Crippen MR) is 76.3 cm³/mol. The number of anilines is 1. The Labute approximate surface area is 119 Å². The van der Waals surface area contributed by atoms with E-state index in [2.05, 4.69) is 10.6 Å². The first-order valence-electron chi connectivity index (χ1n) is 5.63. The molecule has 0 radical (unpaired) electrons. The minimum Gasteiger partial charge on any atom is -0.331 e. The van der Waals surface area contributed by atoms with Crippen molar-refractivity contribution in [1.29, 1.82) is 0 Å². The zero-order valence-electron chi connectivity index (χ0n) is 10.1. The molecule has 0 aliphatic rings. The SMILES string of the molecule is C[C@@H](NC(=O)Nc1ccc(F)cc1)c1ccc(Cl)s1. The number of rotatable bonds is 3. The minimum absolute atomic E-state index is 0.141. The second kappa shape index (κ2) is 6.04. The highest BCUT2D eigenvalue weighted by Gasteiger charge is 2.11. The third kappa shape index (κ3) is 3.94. The molecule has 1 aromatic carbocycles. The fourth-order valence-corrected chi connectivity index (χ4v) is 2.59. The van der Waals surface area contributed by atoms with Crippen molar-refractivity contribution in [2.75, 3.05) is 5.32 Å². The molecular weight excluding hydrogens is 287 g/mol. The van der Waals surface area contributed by atoms with Gasteiger partial charge in [0.15, 0.2) is 0 Å². The molecule has 1 heterocycles. The Morgan fingerprint density at radius 3 is 2.53 bits per heavy atom. The summed E-state index contributed by atoms with van der Waals surface area (Å²) in [5, 5.41) is 5.41. The van der Waals surface area contributed by atoms with Crippen molar-refractivity contribution in [2.45, 2.75) is 13.0 Å². The molecule has 0 fully saturated rings. The quantitative estimate of drug-likeness (QED) is 0.865. The van der Waals surface area contributed by atoms with Gasteiger partial charge in [-0.3, -0.25) is 0 Å². The van der Waals surface area contributed by atoms with Gasteiger partial charge in [-0.15, -0.1) is 11.3 Å². The molecule has 0 spiro atoms. The number of hydrogen-bond donors (Lipinski definition) is 2. The molecule has 0 saturated heterocycles. The first kappa shape index (κ1) is 13.8. The van der Waals surface area contributed by atoms with E-state index in [1.165, 1.54) is 35.6 Å². The van der Waals surface area contributed by atoms with E-state index in [0.717, 1.165) is 4.88 Å². The van der Waals surface area contributed by atoms with Crippen LogP contribution in [0.5, 0.6) is 0 Å². The van der Waals surface area contributed by atoms with E-state index in [9.17, 15) is 9.18 Å². The van der Waals surface area contributed by atoms with Gasteiger partial charge >= 0.3 is 6.03 Å². The van der Waals surface area contributed by atoms with Crippen molar-refractivity contribution in [1.82, 2.24) is 5.32 Å². The fraction of sp³-hybridized carbons (Fsp3) is 0.154. The smallest absolute Gasteiger partial charge is 0.319 e. The summed E-state index contributed by atoms with van der Waals surface area (Å²) in [6.45, 7) is 1.87. The lowest BCUT2D eigenvalue weighted by Crippen LogP contribution is -2.30. The van der Waals surface area contributed by atoms with Gasteiger partial charge in [-0.2, -0.15) is 0 Å². The molecule has 2 aromatic rings. The van der Waals surface area contributed by atoms with Crippen LogP contribution < -0.4 is 10.6 Å². The number of hydrogen-bond acceptors (Lipinski definition) is 2. The van der Waals surface area contributed by atoms with Crippen LogP contribution in [-0.4, -0.2) is 6.03 Å². The Morgan fingerprint density at radius 2 is 1.95 bits per heavy atom. The number of carbonyl (C=O) groups excluding carboxylic acids is 1. The highest BCUT2D eigenvalue weighted by atomic mass is 35.5. The summed E-state index contributed by atoms with van der Waals surface area (Å²) in [6, 6.07) is 8.76. The van der Waals surface area contributed by atoms with Gasteiger partial charge in [-0.25, -0.2) is 9.18 Å². The van der Waals surface area contributed by atoms with Gasteiger partial charge < -0.3 is 10.6 Å². The van der Waals surface area contributed by atoms with E-state index in [-0.39, 0.29) is 17.9 Å². The Hall–Kier alpha value is -1.59. The molecule has 2 rings (SSSR count). The van der Waals surface area contributed by atoms with Crippen molar-refractivity contribution in [3.63, 3.8) is 0 Å². The maximum atomic E-state index is 12.7. The monoisotopic (exact) mass is 298 g/mol. The molecule has 0 aliphatic heterocycles. The van der Waals surface area contributed by atoms with Gasteiger partial charge in [0.25, 0.3) is 0 Å². The third-order valence-electron chi connectivity index (χ3n) is 2.47. The Bertz CT molecular complexity index is 570. The highest BCUT2D eigenvalue weighted by molar-refractivity contribution is 7.16. The van der Waals surface area contributed by atoms with Gasteiger partial charge in [-0.1, -0.05) is 11.6 Å². The standard InChI is InChI=1S/C13H12ClFN2OS/c1-8(11-6-7-12(14)19-11)16-13(18)17-10-4-2-9(15)3-5-10/h2-8H,1H3,(H2,16,17,18)/t8-/m1/s1. The number of benzene rings is 1. The fourth-order valence-electron chi connectivity index (χ4n) is 1.53. The number of nitrogens with one attached hydrogen (secondary N) is 2. The first-order valence-corrected chi connectivity index (χ1v) is 6.82. The van der Waals surface area contributed by atoms with Crippen molar-refractivity contribution in [2.24, 2.45) is 0 Å². The molecule has 3 nitrogen and oxygen atoms in total. The molecule has 2 N–H and O–H groups in total. The second-order valence-corrected chi connectivity index (χ2v) is 5.72. The molecule has 1 atom stereocenters. The predicted octanol–water partition coefficient (Wildman–Crippen LogP) is 4.42. The van der Waals surface area contributed by atoms with E-state index in [0.29, 0.717) is 10.0 Å². The molecular formula is C13H12ClFN2OS. The zero-order valence-corrected chi connectivity index (χ0v) is 11.7. The second-order valence-electron chi connectivity index (χ2n) is 3.97. The van der Waals surface area contributed by atoms with Crippen molar-refractivity contribution >= 4 is 34.7 Å². The zero-order chi connectivity index (χ0) is 13.8. The topological polar surface area (TPSA) is 41.1 Å². The lowest BCUT2D eigenvalue weighted by Gasteiger charge is -2.13. The van der Waals surface area contributed by atoms with Crippen molar-refractivity contribution in [3.05, 3.63) is 51.4 Å². The average Bonchev–Trinajstić information content (AvgIpc) is 2.79. The van der Waals surface area contributed by atoms with Gasteiger partial charge in [0.1, 0.15) is 5.82 Å². The van der Waals surface area contributed by atoms with E-state index in [1.807, 2.05) is 13.0 Å². The lowest BCUT2D eigenvalue weighted by atomic mass is 10.3. The molecule has 100 valence electrons. The summed E-state index contributed by atoms with van der Waals surface area (Å²) < 4.78 is 13.4. The molecule has 19 heavy (non-hydrogen) atoms. The summed E-state index contributed by atoms with van der Waals surface area (Å²) in [7, 11) is 0. The molecule has 1 aromatic heterocycles. The van der Waals surface area contributed by atoms with Gasteiger partial charge in [0.05, 0.1) is 10.4 Å². The van der Waals surface area contributed by atoms with E-state index < -0.39 is 0 Å². The summed E-state index contributed by atoms with van der Waals surface area (Å²) in [5.41, 5.74) is 0.537. The number of urea groups is 1. The average molecular weight is 299 g/mol. The number of amides is 2. The van der Waals surface area contributed by atoms with E-state index in [1.54, 1.807) is 6.07 Å². The summed E-state index contributed by atoms with van der Waals surface area (Å²) in [6.07, 6.45) is 0. The lowest BCUT2D eigenvalue weighted by molar-refractivity contribution is 0.249. The van der Waals surface area contributed by atoms with Crippen LogP contribution in [-0.2, 0) is 0 Å². The summed E-state index contributed by atoms with van der Waals surface area (Å²) in [4.78, 5) is 12.7. The largest absolute Gasteiger partial charge is 0.331 e. The van der Waals surface area contributed by atoms with Crippen LogP contribution in [0.15, 0.2) is 36.4 Å². The number of halogens is 2. The highest BCUT2D eigenvalue weighted by Crippen LogP contribution is 2.26. The van der Waals surface area contributed by atoms with Crippen LogP contribution in [0.1, 0.15) is 17.8 Å². The van der Waals surface area contributed by atoms with Gasteiger partial charge in [0.2, 0.25) is 0 Å².